The molecule has 1 unspecified atom stereocenters. The first-order valence-corrected chi connectivity index (χ1v) is 7.54. The van der Waals surface area contributed by atoms with Gasteiger partial charge in [0, 0.05) is 6.54 Å². The van der Waals surface area contributed by atoms with E-state index in [2.05, 4.69) is 27.5 Å². The van der Waals surface area contributed by atoms with E-state index in [0.717, 1.165) is 18.5 Å². The number of nitrogens with one attached hydrogen (secondary N) is 2. The van der Waals surface area contributed by atoms with Crippen molar-refractivity contribution in [1.82, 2.24) is 15.3 Å². The van der Waals surface area contributed by atoms with Crippen LogP contribution in [0.25, 0.3) is 0 Å². The topological polar surface area (TPSA) is 66.9 Å². The molecule has 1 atom stereocenters. The van der Waals surface area contributed by atoms with Crippen LogP contribution in [0.15, 0.2) is 29.2 Å². The van der Waals surface area contributed by atoms with E-state index in [0.29, 0.717) is 11.5 Å². The predicted octanol–water partition coefficient (Wildman–Crippen LogP) is 2.85. The minimum Gasteiger partial charge on any atom is -0.369 e. The summed E-state index contributed by atoms with van der Waals surface area (Å²) < 4.78 is 0. The van der Waals surface area contributed by atoms with Crippen molar-refractivity contribution in [2.45, 2.75) is 26.3 Å². The van der Waals surface area contributed by atoms with E-state index in [1.54, 1.807) is 17.5 Å². The Bertz CT molecular complexity index is 539. The molecule has 0 aliphatic heterocycles. The largest absolute Gasteiger partial charge is 0.369 e. The fraction of sp³-hybridized carbons (Fsp3) is 0.357. The maximum atomic E-state index is 12.0. The van der Waals surface area contributed by atoms with Gasteiger partial charge in [0.15, 0.2) is 0 Å². The number of carbonyl (C=O) groups is 1. The van der Waals surface area contributed by atoms with Crippen LogP contribution in [-0.2, 0) is 0 Å². The molecule has 6 heteroatoms. The van der Waals surface area contributed by atoms with Crippen LogP contribution < -0.4 is 10.6 Å². The van der Waals surface area contributed by atoms with E-state index in [9.17, 15) is 4.79 Å². The monoisotopic (exact) mass is 290 g/mol. The van der Waals surface area contributed by atoms with Gasteiger partial charge >= 0.3 is 0 Å². The molecule has 0 aliphatic carbocycles. The van der Waals surface area contributed by atoms with Crippen molar-refractivity contribution in [3.05, 3.63) is 40.5 Å². The number of carbonyl (C=O) groups excluding carboxylic acids is 1. The first-order chi connectivity index (χ1) is 9.70. The summed E-state index contributed by atoms with van der Waals surface area (Å²) in [5, 5.41) is 10.0. The molecule has 106 valence electrons. The molecule has 0 aliphatic rings. The number of thiophene rings is 1. The molecule has 20 heavy (non-hydrogen) atoms. The summed E-state index contributed by atoms with van der Waals surface area (Å²) in [6, 6.07) is 1.97. The van der Waals surface area contributed by atoms with Crippen LogP contribution >= 0.6 is 11.3 Å². The van der Waals surface area contributed by atoms with Gasteiger partial charge in [0.25, 0.3) is 5.91 Å². The zero-order valence-corrected chi connectivity index (χ0v) is 12.4. The van der Waals surface area contributed by atoms with Crippen LogP contribution in [0.2, 0.25) is 0 Å². The molecule has 0 fully saturated rings. The molecule has 0 radical (unpaired) electrons. The van der Waals surface area contributed by atoms with Crippen molar-refractivity contribution in [2.75, 3.05) is 11.9 Å². The highest BCUT2D eigenvalue weighted by atomic mass is 32.1. The Morgan fingerprint density at radius 3 is 2.85 bits per heavy atom. The standard InChI is InChI=1S/C14H18N4OS/c1-3-5-15-13-8-16-12(7-17-13)14(19)18-10(2)11-4-6-20-9-11/h4,6-10H,3,5H2,1-2H3,(H,15,17)(H,18,19). The van der Waals surface area contributed by atoms with Gasteiger partial charge in [-0.3, -0.25) is 4.79 Å². The van der Waals surface area contributed by atoms with Crippen LogP contribution in [0.3, 0.4) is 0 Å². The molecule has 0 bridgehead atoms. The normalized spacial score (nSPS) is 11.9. The number of hydrogen-bond donors (Lipinski definition) is 2. The number of anilines is 1. The molecule has 0 saturated heterocycles. The third-order valence-electron chi connectivity index (χ3n) is 2.83. The molecule has 2 rings (SSSR count). The van der Waals surface area contributed by atoms with E-state index >= 15 is 0 Å². The summed E-state index contributed by atoms with van der Waals surface area (Å²) in [6.07, 6.45) is 4.09. The first kappa shape index (κ1) is 14.5. The van der Waals surface area contributed by atoms with Crippen molar-refractivity contribution < 1.29 is 4.79 Å². The third kappa shape index (κ3) is 3.77. The summed E-state index contributed by atoms with van der Waals surface area (Å²) in [4.78, 5) is 20.4. The minimum atomic E-state index is -0.210. The van der Waals surface area contributed by atoms with Crippen molar-refractivity contribution in [3.63, 3.8) is 0 Å². The van der Waals surface area contributed by atoms with Gasteiger partial charge in [-0.25, -0.2) is 9.97 Å². The van der Waals surface area contributed by atoms with Crippen molar-refractivity contribution in [1.29, 1.82) is 0 Å². The van der Waals surface area contributed by atoms with Gasteiger partial charge in [0.05, 0.1) is 18.4 Å². The fourth-order valence-electron chi connectivity index (χ4n) is 1.66. The Morgan fingerprint density at radius 1 is 1.40 bits per heavy atom. The molecule has 1 amide bonds. The summed E-state index contributed by atoms with van der Waals surface area (Å²) in [7, 11) is 0. The summed E-state index contributed by atoms with van der Waals surface area (Å²) in [6.45, 7) is 4.87. The maximum Gasteiger partial charge on any atom is 0.271 e. The molecule has 0 saturated carbocycles. The van der Waals surface area contributed by atoms with Crippen molar-refractivity contribution in [2.24, 2.45) is 0 Å². The van der Waals surface area contributed by atoms with Crippen LogP contribution in [0.4, 0.5) is 5.82 Å². The van der Waals surface area contributed by atoms with Gasteiger partial charge in [-0.1, -0.05) is 6.92 Å². The predicted molar refractivity (Wildman–Crippen MR) is 81.0 cm³/mol. The second-order valence-corrected chi connectivity index (χ2v) is 5.25. The molecule has 2 heterocycles. The Morgan fingerprint density at radius 2 is 2.25 bits per heavy atom. The molecular formula is C14H18N4OS. The lowest BCUT2D eigenvalue weighted by atomic mass is 10.2. The second kappa shape index (κ2) is 7.00. The zero-order valence-electron chi connectivity index (χ0n) is 11.6. The van der Waals surface area contributed by atoms with Gasteiger partial charge in [-0.15, -0.1) is 0 Å². The molecule has 0 spiro atoms. The maximum absolute atomic E-state index is 12.0. The smallest absolute Gasteiger partial charge is 0.271 e. The molecule has 2 aromatic heterocycles. The Balaban J connectivity index is 1.95. The lowest BCUT2D eigenvalue weighted by Gasteiger charge is -2.12. The summed E-state index contributed by atoms with van der Waals surface area (Å²) in [5.74, 6) is 0.479. The summed E-state index contributed by atoms with van der Waals surface area (Å²) in [5.41, 5.74) is 1.42. The first-order valence-electron chi connectivity index (χ1n) is 6.59. The molecular weight excluding hydrogens is 272 g/mol. The highest BCUT2D eigenvalue weighted by molar-refractivity contribution is 7.07. The van der Waals surface area contributed by atoms with E-state index in [1.807, 2.05) is 23.8 Å². The van der Waals surface area contributed by atoms with Crippen LogP contribution in [0.1, 0.15) is 42.4 Å². The van der Waals surface area contributed by atoms with Gasteiger partial charge in [0.2, 0.25) is 0 Å². The number of nitrogens with zero attached hydrogens (tertiary/aromatic N) is 2. The summed E-state index contributed by atoms with van der Waals surface area (Å²) >= 11 is 1.61. The van der Waals surface area contributed by atoms with E-state index in [-0.39, 0.29) is 11.9 Å². The number of aromatic nitrogens is 2. The number of rotatable bonds is 6. The lowest BCUT2D eigenvalue weighted by molar-refractivity contribution is 0.0934. The van der Waals surface area contributed by atoms with E-state index < -0.39 is 0 Å². The average Bonchev–Trinajstić information content (AvgIpc) is 3.00. The van der Waals surface area contributed by atoms with E-state index in [4.69, 9.17) is 0 Å². The van der Waals surface area contributed by atoms with E-state index in [1.165, 1.54) is 6.20 Å². The van der Waals surface area contributed by atoms with Gasteiger partial charge in [0.1, 0.15) is 11.5 Å². The number of amides is 1. The van der Waals surface area contributed by atoms with Crippen LogP contribution in [-0.4, -0.2) is 22.4 Å². The number of hydrogen-bond acceptors (Lipinski definition) is 5. The third-order valence-corrected chi connectivity index (χ3v) is 3.53. The molecule has 2 N–H and O–H groups in total. The van der Waals surface area contributed by atoms with Crippen LogP contribution in [0, 0.1) is 0 Å². The van der Waals surface area contributed by atoms with Gasteiger partial charge < -0.3 is 10.6 Å². The van der Waals surface area contributed by atoms with Gasteiger partial charge in [-0.2, -0.15) is 11.3 Å². The molecule has 2 aromatic rings. The Labute approximate surface area is 122 Å². The minimum absolute atomic E-state index is 0.0338. The second-order valence-electron chi connectivity index (χ2n) is 4.47. The van der Waals surface area contributed by atoms with Crippen molar-refractivity contribution >= 4 is 23.1 Å². The molecule has 5 nitrogen and oxygen atoms in total. The lowest BCUT2D eigenvalue weighted by Crippen LogP contribution is -2.27. The van der Waals surface area contributed by atoms with Crippen molar-refractivity contribution in [3.8, 4) is 0 Å². The highest BCUT2D eigenvalue weighted by Gasteiger charge is 2.13. The van der Waals surface area contributed by atoms with Crippen LogP contribution in [0.5, 0.6) is 0 Å². The Kier molecular flexibility index (Phi) is 5.06. The fourth-order valence-corrected chi connectivity index (χ4v) is 2.42. The molecule has 0 aromatic carbocycles. The quantitative estimate of drug-likeness (QED) is 0.858. The van der Waals surface area contributed by atoms with Gasteiger partial charge in [-0.05, 0) is 35.7 Å². The zero-order chi connectivity index (χ0) is 14.4. The SMILES string of the molecule is CCCNc1cnc(C(=O)NC(C)c2ccsc2)cn1. The highest BCUT2D eigenvalue weighted by Crippen LogP contribution is 2.15. The Hall–Kier alpha value is -1.95. The average molecular weight is 290 g/mol.